The number of ether oxygens (including phenoxy) is 1. The SMILES string of the molecule is CC1(C)C=Cc2c(ccc3c4c(n(O)c23)C(C)(C)C2CC35CCCN3C(=O)C2(C4)NC5=O)O1. The molecule has 5 aliphatic heterocycles. The Morgan fingerprint density at radius 3 is 2.76 bits per heavy atom. The van der Waals surface area contributed by atoms with Gasteiger partial charge in [-0.3, -0.25) is 9.59 Å². The van der Waals surface area contributed by atoms with Gasteiger partial charge in [0, 0.05) is 35.2 Å². The lowest BCUT2D eigenvalue weighted by molar-refractivity contribution is -0.179. The summed E-state index contributed by atoms with van der Waals surface area (Å²) in [6.45, 7) is 8.88. The summed E-state index contributed by atoms with van der Waals surface area (Å²) < 4.78 is 7.49. The molecular formula is C26H29N3O4. The van der Waals surface area contributed by atoms with Crippen molar-refractivity contribution in [2.45, 2.75) is 75.5 Å². The molecule has 3 atom stereocenters. The normalized spacial score (nSPS) is 34.4. The summed E-state index contributed by atoms with van der Waals surface area (Å²) in [6, 6.07) is 3.94. The fourth-order valence-electron chi connectivity index (χ4n) is 7.76. The molecule has 2 N–H and O–H groups in total. The van der Waals surface area contributed by atoms with Crippen LogP contribution in [-0.2, 0) is 21.4 Å². The van der Waals surface area contributed by atoms with Crippen LogP contribution < -0.4 is 10.1 Å². The number of hydrogen-bond donors (Lipinski definition) is 2. The van der Waals surface area contributed by atoms with Crippen molar-refractivity contribution in [3.63, 3.8) is 0 Å². The first-order valence-corrected chi connectivity index (χ1v) is 11.9. The average molecular weight is 448 g/mol. The van der Waals surface area contributed by atoms with Gasteiger partial charge in [0.05, 0.1) is 11.2 Å². The third kappa shape index (κ3) is 2.00. The van der Waals surface area contributed by atoms with Gasteiger partial charge in [-0.1, -0.05) is 13.8 Å². The quantitative estimate of drug-likeness (QED) is 0.608. The molecule has 2 aromatic rings. The Morgan fingerprint density at radius 1 is 1.18 bits per heavy atom. The fraction of sp³-hybridized carbons (Fsp3) is 0.538. The molecule has 8 rings (SSSR count). The number of nitrogens with one attached hydrogen (secondary N) is 1. The number of carbonyl (C=O) groups excluding carboxylic acids is 2. The lowest BCUT2D eigenvalue weighted by Crippen LogP contribution is -2.84. The van der Waals surface area contributed by atoms with E-state index >= 15 is 0 Å². The number of piperidine rings is 2. The van der Waals surface area contributed by atoms with Crippen LogP contribution in [0.3, 0.4) is 0 Å². The Labute approximate surface area is 192 Å². The zero-order valence-electron chi connectivity index (χ0n) is 19.5. The summed E-state index contributed by atoms with van der Waals surface area (Å²) >= 11 is 0. The minimum Gasteiger partial charge on any atom is -0.483 e. The molecule has 1 aromatic carbocycles. The highest BCUT2D eigenvalue weighted by molar-refractivity contribution is 6.06. The minimum absolute atomic E-state index is 0.00113. The van der Waals surface area contributed by atoms with Crippen LogP contribution in [-0.4, -0.2) is 49.9 Å². The molecule has 6 heterocycles. The number of rotatable bonds is 0. The number of nitrogens with zero attached hydrogens (tertiary/aromatic N) is 2. The first-order valence-electron chi connectivity index (χ1n) is 11.9. The zero-order chi connectivity index (χ0) is 23.1. The van der Waals surface area contributed by atoms with E-state index in [1.807, 2.05) is 43.0 Å². The Hall–Kier alpha value is -2.96. The van der Waals surface area contributed by atoms with Crippen molar-refractivity contribution < 1.29 is 19.5 Å². The van der Waals surface area contributed by atoms with Gasteiger partial charge >= 0.3 is 0 Å². The molecule has 1 aromatic heterocycles. The van der Waals surface area contributed by atoms with E-state index in [0.717, 1.165) is 34.4 Å². The molecular weight excluding hydrogens is 418 g/mol. The van der Waals surface area contributed by atoms with E-state index in [9.17, 15) is 14.8 Å². The third-order valence-electron chi connectivity index (χ3n) is 9.18. The second-order valence-corrected chi connectivity index (χ2v) is 11.7. The largest absolute Gasteiger partial charge is 0.483 e. The van der Waals surface area contributed by atoms with Gasteiger partial charge in [-0.2, -0.15) is 4.73 Å². The lowest BCUT2D eigenvalue weighted by Gasteiger charge is -2.64. The second-order valence-electron chi connectivity index (χ2n) is 11.7. The van der Waals surface area contributed by atoms with Crippen molar-refractivity contribution in [3.8, 4) is 5.75 Å². The van der Waals surface area contributed by atoms with Crippen LogP contribution in [0.5, 0.6) is 5.75 Å². The lowest BCUT2D eigenvalue weighted by atomic mass is 9.51. The van der Waals surface area contributed by atoms with Crippen molar-refractivity contribution in [1.29, 1.82) is 0 Å². The van der Waals surface area contributed by atoms with Gasteiger partial charge < -0.3 is 20.2 Å². The number of fused-ring (bicyclic) bond motifs is 6. The second kappa shape index (κ2) is 5.40. The van der Waals surface area contributed by atoms with Crippen LogP contribution in [0.25, 0.3) is 17.0 Å². The maximum absolute atomic E-state index is 13.9. The van der Waals surface area contributed by atoms with E-state index in [1.165, 1.54) is 4.73 Å². The molecule has 1 aliphatic carbocycles. The molecule has 2 spiro atoms. The summed E-state index contributed by atoms with van der Waals surface area (Å²) in [5.74, 6) is 0.697. The predicted molar refractivity (Wildman–Crippen MR) is 122 cm³/mol. The zero-order valence-corrected chi connectivity index (χ0v) is 19.5. The number of hydrogen-bond acceptors (Lipinski definition) is 4. The van der Waals surface area contributed by atoms with Gasteiger partial charge in [0.15, 0.2) is 0 Å². The smallest absolute Gasteiger partial charge is 0.249 e. The van der Waals surface area contributed by atoms with Crippen molar-refractivity contribution in [3.05, 3.63) is 35.0 Å². The minimum atomic E-state index is -0.960. The topological polar surface area (TPSA) is 83.8 Å². The molecule has 172 valence electrons. The Morgan fingerprint density at radius 2 is 1.97 bits per heavy atom. The number of aromatic nitrogens is 1. The highest BCUT2D eigenvalue weighted by Crippen LogP contribution is 2.60. The van der Waals surface area contributed by atoms with Crippen molar-refractivity contribution >= 4 is 28.8 Å². The van der Waals surface area contributed by atoms with Gasteiger partial charge in [0.2, 0.25) is 11.8 Å². The molecule has 4 fully saturated rings. The van der Waals surface area contributed by atoms with Crippen LogP contribution >= 0.6 is 0 Å². The summed E-state index contributed by atoms with van der Waals surface area (Å²) in [7, 11) is 0. The summed E-state index contributed by atoms with van der Waals surface area (Å²) in [6.07, 6.45) is 6.64. The molecule has 0 saturated carbocycles. The number of amides is 2. The molecule has 7 heteroatoms. The highest BCUT2D eigenvalue weighted by Gasteiger charge is 2.73. The van der Waals surface area contributed by atoms with E-state index in [2.05, 4.69) is 19.2 Å². The van der Waals surface area contributed by atoms with E-state index in [-0.39, 0.29) is 17.7 Å². The molecule has 4 saturated heterocycles. The summed E-state index contributed by atoms with van der Waals surface area (Å²) in [5, 5.41) is 15.7. The monoisotopic (exact) mass is 447 g/mol. The van der Waals surface area contributed by atoms with Gasteiger partial charge in [0.25, 0.3) is 0 Å². The Kier molecular flexibility index (Phi) is 3.19. The Bertz CT molecular complexity index is 1330. The molecule has 2 bridgehead atoms. The van der Waals surface area contributed by atoms with E-state index < -0.39 is 22.1 Å². The van der Waals surface area contributed by atoms with Crippen molar-refractivity contribution in [1.82, 2.24) is 14.9 Å². The van der Waals surface area contributed by atoms with Gasteiger partial charge in [0.1, 0.15) is 22.4 Å². The standard InChI is InChI=1S/C26H29N3O4/c1-23(2)10-8-15-17(33-23)7-6-14-16-12-26-18(24(3,4)20(16)29(32)19(14)15)13-25(21(30)27-26)9-5-11-28(25)22(26)31/h6-8,10,18,32H,5,9,11-13H2,1-4H3,(H,27,30). The molecule has 33 heavy (non-hydrogen) atoms. The molecule has 6 aliphatic rings. The molecule has 7 nitrogen and oxygen atoms in total. The first-order chi connectivity index (χ1) is 15.5. The maximum Gasteiger partial charge on any atom is 0.249 e. The van der Waals surface area contributed by atoms with Crippen molar-refractivity contribution in [2.24, 2.45) is 5.92 Å². The predicted octanol–water partition coefficient (Wildman–Crippen LogP) is 3.15. The van der Waals surface area contributed by atoms with Gasteiger partial charge in [-0.15, -0.1) is 0 Å². The maximum atomic E-state index is 13.9. The van der Waals surface area contributed by atoms with Gasteiger partial charge in [-0.05, 0) is 63.0 Å². The van der Waals surface area contributed by atoms with E-state index in [1.54, 1.807) is 0 Å². The molecule has 2 amide bonds. The van der Waals surface area contributed by atoms with Crippen molar-refractivity contribution in [2.75, 3.05) is 6.54 Å². The molecule has 0 radical (unpaired) electrons. The van der Waals surface area contributed by atoms with E-state index in [0.29, 0.717) is 31.3 Å². The molecule has 3 unspecified atom stereocenters. The highest BCUT2D eigenvalue weighted by atomic mass is 16.5. The van der Waals surface area contributed by atoms with Gasteiger partial charge in [-0.25, -0.2) is 0 Å². The summed E-state index contributed by atoms with van der Waals surface area (Å²) in [5.41, 5.74) is 0.717. The van der Waals surface area contributed by atoms with Crippen LogP contribution in [0.2, 0.25) is 0 Å². The number of carbonyl (C=O) groups is 2. The van der Waals surface area contributed by atoms with Crippen LogP contribution in [0.1, 0.15) is 63.8 Å². The fourth-order valence-corrected chi connectivity index (χ4v) is 7.76. The third-order valence-corrected chi connectivity index (χ3v) is 9.18. The van der Waals surface area contributed by atoms with Crippen LogP contribution in [0, 0.1) is 5.92 Å². The average Bonchev–Trinajstić information content (AvgIpc) is 3.29. The number of piperazine rings is 1. The summed E-state index contributed by atoms with van der Waals surface area (Å²) in [4.78, 5) is 29.1. The number of benzene rings is 1. The Balaban J connectivity index is 1.49. The van der Waals surface area contributed by atoms with Crippen LogP contribution in [0.4, 0.5) is 0 Å². The van der Waals surface area contributed by atoms with E-state index in [4.69, 9.17) is 4.74 Å². The first kappa shape index (κ1) is 19.5. The van der Waals surface area contributed by atoms with Crippen LogP contribution in [0.15, 0.2) is 18.2 Å².